The summed E-state index contributed by atoms with van der Waals surface area (Å²) in [6, 6.07) is 14.1. The van der Waals surface area contributed by atoms with Gasteiger partial charge >= 0.3 is 17.6 Å². The van der Waals surface area contributed by atoms with Gasteiger partial charge < -0.3 is 13.9 Å². The lowest BCUT2D eigenvalue weighted by molar-refractivity contribution is 0.0469. The lowest BCUT2D eigenvalue weighted by Crippen LogP contribution is -2.17. The second-order valence-corrected chi connectivity index (χ2v) is 6.96. The van der Waals surface area contributed by atoms with Crippen LogP contribution in [0.3, 0.4) is 0 Å². The SMILES string of the molecule is Cc1ccc(C(=O)Oc2ccc(C(=O)COC(=O)c3c(C)cc(=O)oc3C)cc2)cc1. The second kappa shape index (κ2) is 9.21. The van der Waals surface area contributed by atoms with Crippen LogP contribution in [0.1, 0.15) is 48.0 Å². The number of rotatable bonds is 6. The van der Waals surface area contributed by atoms with Crippen molar-refractivity contribution >= 4 is 17.7 Å². The van der Waals surface area contributed by atoms with Crippen molar-refractivity contribution in [1.82, 2.24) is 0 Å². The Morgan fingerprint density at radius 2 is 1.45 bits per heavy atom. The van der Waals surface area contributed by atoms with Crippen molar-refractivity contribution in [3.63, 3.8) is 0 Å². The highest BCUT2D eigenvalue weighted by atomic mass is 16.5. The highest BCUT2D eigenvalue weighted by Crippen LogP contribution is 2.16. The molecule has 3 aromatic rings. The van der Waals surface area contributed by atoms with E-state index in [1.807, 2.05) is 19.1 Å². The van der Waals surface area contributed by atoms with Gasteiger partial charge in [0, 0.05) is 11.6 Å². The zero-order chi connectivity index (χ0) is 22.5. The molecule has 0 aliphatic rings. The van der Waals surface area contributed by atoms with Crippen LogP contribution < -0.4 is 10.4 Å². The van der Waals surface area contributed by atoms with Crippen molar-refractivity contribution in [3.05, 3.63) is 98.6 Å². The van der Waals surface area contributed by atoms with Gasteiger partial charge in [-0.2, -0.15) is 0 Å². The number of carbonyl (C=O) groups is 3. The number of esters is 2. The first-order valence-electron chi connectivity index (χ1n) is 9.45. The molecule has 0 aliphatic heterocycles. The van der Waals surface area contributed by atoms with Crippen LogP contribution in [0, 0.1) is 20.8 Å². The maximum absolute atomic E-state index is 12.3. The summed E-state index contributed by atoms with van der Waals surface area (Å²) >= 11 is 0. The maximum atomic E-state index is 12.3. The predicted octanol–water partition coefficient (Wildman–Crippen LogP) is 3.82. The van der Waals surface area contributed by atoms with Crippen LogP contribution in [0.5, 0.6) is 5.75 Å². The Hall–Kier alpha value is -4.00. The van der Waals surface area contributed by atoms with E-state index >= 15 is 0 Å². The van der Waals surface area contributed by atoms with Crippen molar-refractivity contribution in [2.45, 2.75) is 20.8 Å². The van der Waals surface area contributed by atoms with E-state index in [1.54, 1.807) is 19.1 Å². The molecule has 0 unspecified atom stereocenters. The van der Waals surface area contributed by atoms with Gasteiger partial charge in [-0.15, -0.1) is 0 Å². The molecule has 0 saturated heterocycles. The molecule has 7 nitrogen and oxygen atoms in total. The van der Waals surface area contributed by atoms with E-state index in [0.717, 1.165) is 5.56 Å². The molecule has 0 amide bonds. The molecule has 0 aliphatic carbocycles. The van der Waals surface area contributed by atoms with Crippen LogP contribution in [0.2, 0.25) is 0 Å². The Kier molecular flexibility index (Phi) is 6.45. The summed E-state index contributed by atoms with van der Waals surface area (Å²) in [7, 11) is 0. The number of hydrogen-bond acceptors (Lipinski definition) is 7. The first-order chi connectivity index (χ1) is 14.7. The van der Waals surface area contributed by atoms with Crippen LogP contribution in [-0.2, 0) is 4.74 Å². The average molecular weight is 420 g/mol. The number of aryl methyl sites for hydroxylation is 3. The fourth-order valence-electron chi connectivity index (χ4n) is 2.91. The molecule has 2 aromatic carbocycles. The van der Waals surface area contributed by atoms with E-state index in [0.29, 0.717) is 11.1 Å². The molecule has 31 heavy (non-hydrogen) atoms. The summed E-state index contributed by atoms with van der Waals surface area (Å²) in [6.07, 6.45) is 0. The van der Waals surface area contributed by atoms with E-state index in [4.69, 9.17) is 13.9 Å². The zero-order valence-electron chi connectivity index (χ0n) is 17.3. The minimum atomic E-state index is -0.754. The third kappa shape index (κ3) is 5.33. The standard InChI is InChI=1S/C24H20O7/c1-14-4-6-18(7-5-14)23(27)31-19-10-8-17(9-11-19)20(25)13-29-24(28)22-15(2)12-21(26)30-16(22)3/h4-12H,13H2,1-3H3. The minimum absolute atomic E-state index is 0.116. The molecule has 0 fully saturated rings. The molecule has 0 radical (unpaired) electrons. The van der Waals surface area contributed by atoms with Gasteiger partial charge in [0.25, 0.3) is 0 Å². The number of Topliss-reactive ketones (excluding diaryl/α,β-unsaturated/α-hetero) is 1. The molecule has 0 atom stereocenters. The fourth-order valence-corrected chi connectivity index (χ4v) is 2.91. The van der Waals surface area contributed by atoms with Gasteiger partial charge in [-0.1, -0.05) is 17.7 Å². The minimum Gasteiger partial charge on any atom is -0.454 e. The largest absolute Gasteiger partial charge is 0.454 e. The summed E-state index contributed by atoms with van der Waals surface area (Å²) in [4.78, 5) is 48.1. The monoisotopic (exact) mass is 420 g/mol. The van der Waals surface area contributed by atoms with Crippen molar-refractivity contribution < 1.29 is 28.3 Å². The maximum Gasteiger partial charge on any atom is 0.343 e. The highest BCUT2D eigenvalue weighted by Gasteiger charge is 2.18. The molecule has 3 rings (SSSR count). The molecule has 0 saturated carbocycles. The molecular weight excluding hydrogens is 400 g/mol. The number of benzene rings is 2. The normalized spacial score (nSPS) is 10.4. The quantitative estimate of drug-likeness (QED) is 0.339. The van der Waals surface area contributed by atoms with Crippen molar-refractivity contribution in [3.8, 4) is 5.75 Å². The van der Waals surface area contributed by atoms with Crippen LogP contribution in [0.15, 0.2) is 63.8 Å². The van der Waals surface area contributed by atoms with Crippen molar-refractivity contribution in [2.75, 3.05) is 6.61 Å². The van der Waals surface area contributed by atoms with Gasteiger partial charge in [0.1, 0.15) is 17.1 Å². The summed E-state index contributed by atoms with van der Waals surface area (Å²) < 4.78 is 15.3. The molecule has 0 N–H and O–H groups in total. The van der Waals surface area contributed by atoms with Gasteiger partial charge in [-0.05, 0) is 62.7 Å². The third-order valence-corrected chi connectivity index (χ3v) is 4.55. The summed E-state index contributed by atoms with van der Waals surface area (Å²) in [5.74, 6) is -1.28. The van der Waals surface area contributed by atoms with E-state index in [1.165, 1.54) is 37.3 Å². The molecule has 1 aromatic heterocycles. The smallest absolute Gasteiger partial charge is 0.343 e. The second-order valence-electron chi connectivity index (χ2n) is 6.96. The first-order valence-corrected chi connectivity index (χ1v) is 9.45. The third-order valence-electron chi connectivity index (χ3n) is 4.55. The lowest BCUT2D eigenvalue weighted by atomic mass is 10.1. The van der Waals surface area contributed by atoms with Crippen LogP contribution >= 0.6 is 0 Å². The van der Waals surface area contributed by atoms with Gasteiger partial charge in [-0.3, -0.25) is 4.79 Å². The number of ketones is 1. The zero-order valence-corrected chi connectivity index (χ0v) is 17.3. The first kappa shape index (κ1) is 21.7. The fraction of sp³-hybridized carbons (Fsp3) is 0.167. The van der Waals surface area contributed by atoms with Gasteiger partial charge in [0.05, 0.1) is 5.56 Å². The number of ether oxygens (including phenoxy) is 2. The molecular formula is C24H20O7. The van der Waals surface area contributed by atoms with Gasteiger partial charge in [0.2, 0.25) is 0 Å². The van der Waals surface area contributed by atoms with Crippen LogP contribution in [0.4, 0.5) is 0 Å². The molecule has 1 heterocycles. The van der Waals surface area contributed by atoms with Gasteiger partial charge in [0.15, 0.2) is 12.4 Å². The van der Waals surface area contributed by atoms with Crippen LogP contribution in [0.25, 0.3) is 0 Å². The van der Waals surface area contributed by atoms with E-state index in [-0.39, 0.29) is 22.6 Å². The Bertz CT molecular complexity index is 1160. The van der Waals surface area contributed by atoms with Crippen molar-refractivity contribution in [2.24, 2.45) is 0 Å². The molecule has 7 heteroatoms. The van der Waals surface area contributed by atoms with E-state index in [2.05, 4.69) is 0 Å². The summed E-state index contributed by atoms with van der Waals surface area (Å²) in [5, 5.41) is 0. The number of carbonyl (C=O) groups excluding carboxylic acids is 3. The highest BCUT2D eigenvalue weighted by molar-refractivity contribution is 6.00. The average Bonchev–Trinajstić information content (AvgIpc) is 2.72. The molecule has 0 spiro atoms. The topological polar surface area (TPSA) is 99.9 Å². The Balaban J connectivity index is 1.60. The Morgan fingerprint density at radius 3 is 2.06 bits per heavy atom. The van der Waals surface area contributed by atoms with Gasteiger partial charge in [-0.25, -0.2) is 14.4 Å². The molecule has 0 bridgehead atoms. The van der Waals surface area contributed by atoms with E-state index < -0.39 is 30.0 Å². The lowest BCUT2D eigenvalue weighted by Gasteiger charge is -2.09. The summed E-state index contributed by atoms with van der Waals surface area (Å²) in [5.41, 5.74) is 1.70. The Labute approximate surface area is 178 Å². The predicted molar refractivity (Wildman–Crippen MR) is 112 cm³/mol. The molecule has 158 valence electrons. The van der Waals surface area contributed by atoms with Crippen LogP contribution in [-0.4, -0.2) is 24.3 Å². The Morgan fingerprint density at radius 1 is 0.839 bits per heavy atom. The summed E-state index contributed by atoms with van der Waals surface area (Å²) in [6.45, 7) is 4.49. The van der Waals surface area contributed by atoms with Crippen molar-refractivity contribution in [1.29, 1.82) is 0 Å². The number of hydrogen-bond donors (Lipinski definition) is 0. The van der Waals surface area contributed by atoms with E-state index in [9.17, 15) is 19.2 Å².